The molecule has 0 aliphatic carbocycles. The monoisotopic (exact) mass is 202 g/mol. The van der Waals surface area contributed by atoms with Gasteiger partial charge in [-0.05, 0) is 36.6 Å². The van der Waals surface area contributed by atoms with Crippen LogP contribution in [0.15, 0.2) is 12.1 Å². The van der Waals surface area contributed by atoms with E-state index in [2.05, 4.69) is 0 Å². The highest BCUT2D eigenvalue weighted by molar-refractivity contribution is 5.28. The topological polar surface area (TPSA) is 40.5 Å². The fourth-order valence-electron chi connectivity index (χ4n) is 1.28. The van der Waals surface area contributed by atoms with Crippen LogP contribution >= 0.6 is 0 Å². The minimum absolute atomic E-state index is 0.201. The number of aliphatic hydroxyl groups is 2. The van der Waals surface area contributed by atoms with Crippen LogP contribution in [0.2, 0.25) is 0 Å². The second kappa shape index (κ2) is 4.48. The van der Waals surface area contributed by atoms with Crippen LogP contribution in [0.1, 0.15) is 18.1 Å². The van der Waals surface area contributed by atoms with E-state index in [1.807, 2.05) is 0 Å². The zero-order valence-corrected chi connectivity index (χ0v) is 7.80. The highest BCUT2D eigenvalue weighted by Crippen LogP contribution is 2.16. The van der Waals surface area contributed by atoms with E-state index in [9.17, 15) is 8.78 Å². The number of hydrogen-bond acceptors (Lipinski definition) is 2. The highest BCUT2D eigenvalue weighted by Gasteiger charge is 2.10. The van der Waals surface area contributed by atoms with Crippen LogP contribution in [0.25, 0.3) is 0 Å². The quantitative estimate of drug-likeness (QED) is 0.777. The molecule has 1 aromatic rings. The Kier molecular flexibility index (Phi) is 3.55. The van der Waals surface area contributed by atoms with Gasteiger partial charge in [0.1, 0.15) is 0 Å². The standard InChI is InChI=1S/C10H12F2O2/c1-6(14)2-7-3-9(11)10(12)4-8(7)5-13/h3-4,6,13-14H,2,5H2,1H3. The average Bonchev–Trinajstić information content (AvgIpc) is 2.10. The Balaban J connectivity index is 3.07. The molecule has 0 amide bonds. The van der Waals surface area contributed by atoms with Gasteiger partial charge in [-0.2, -0.15) is 0 Å². The molecule has 0 saturated heterocycles. The van der Waals surface area contributed by atoms with E-state index in [4.69, 9.17) is 10.2 Å². The number of hydrogen-bond donors (Lipinski definition) is 2. The summed E-state index contributed by atoms with van der Waals surface area (Å²) in [6.07, 6.45) is -0.447. The van der Waals surface area contributed by atoms with E-state index in [1.54, 1.807) is 6.92 Å². The van der Waals surface area contributed by atoms with E-state index in [1.165, 1.54) is 0 Å². The molecule has 1 unspecified atom stereocenters. The molecule has 0 heterocycles. The molecular formula is C10H12F2O2. The maximum Gasteiger partial charge on any atom is 0.159 e. The van der Waals surface area contributed by atoms with E-state index in [-0.39, 0.29) is 13.0 Å². The van der Waals surface area contributed by atoms with Crippen LogP contribution < -0.4 is 0 Å². The first-order chi connectivity index (χ1) is 6.54. The van der Waals surface area contributed by atoms with Gasteiger partial charge in [0.15, 0.2) is 11.6 Å². The van der Waals surface area contributed by atoms with Gasteiger partial charge in [0.05, 0.1) is 12.7 Å². The number of rotatable bonds is 3. The van der Waals surface area contributed by atoms with Crippen molar-refractivity contribution in [3.8, 4) is 0 Å². The Hall–Kier alpha value is -1.00. The van der Waals surface area contributed by atoms with Gasteiger partial charge < -0.3 is 10.2 Å². The van der Waals surface area contributed by atoms with Crippen molar-refractivity contribution in [1.82, 2.24) is 0 Å². The van der Waals surface area contributed by atoms with Crippen molar-refractivity contribution in [3.63, 3.8) is 0 Å². The molecule has 1 atom stereocenters. The van der Waals surface area contributed by atoms with Crippen molar-refractivity contribution >= 4 is 0 Å². The van der Waals surface area contributed by atoms with Crippen LogP contribution in [0.4, 0.5) is 8.78 Å². The first-order valence-electron chi connectivity index (χ1n) is 4.30. The summed E-state index contributed by atoms with van der Waals surface area (Å²) in [7, 11) is 0. The predicted octanol–water partition coefficient (Wildman–Crippen LogP) is 1.38. The van der Waals surface area contributed by atoms with E-state index < -0.39 is 17.7 Å². The second-order valence-electron chi connectivity index (χ2n) is 3.25. The Morgan fingerprint density at radius 1 is 1.21 bits per heavy atom. The largest absolute Gasteiger partial charge is 0.393 e. The lowest BCUT2D eigenvalue weighted by Gasteiger charge is -2.09. The molecule has 1 aromatic carbocycles. The summed E-state index contributed by atoms with van der Waals surface area (Å²) in [6, 6.07) is 1.96. The number of benzene rings is 1. The summed E-state index contributed by atoms with van der Waals surface area (Å²) >= 11 is 0. The Morgan fingerprint density at radius 2 is 1.71 bits per heavy atom. The van der Waals surface area contributed by atoms with Crippen LogP contribution in [-0.4, -0.2) is 16.3 Å². The Morgan fingerprint density at radius 3 is 2.14 bits per heavy atom. The van der Waals surface area contributed by atoms with Gasteiger partial charge in [-0.15, -0.1) is 0 Å². The molecule has 14 heavy (non-hydrogen) atoms. The maximum atomic E-state index is 12.8. The molecular weight excluding hydrogens is 190 g/mol. The van der Waals surface area contributed by atoms with Crippen molar-refractivity contribution in [1.29, 1.82) is 0 Å². The van der Waals surface area contributed by atoms with Gasteiger partial charge in [-0.1, -0.05) is 0 Å². The molecule has 0 radical (unpaired) electrons. The molecule has 0 saturated carbocycles. The van der Waals surface area contributed by atoms with Gasteiger partial charge in [-0.3, -0.25) is 0 Å². The molecule has 0 bridgehead atoms. The third-order valence-electron chi connectivity index (χ3n) is 1.93. The fourth-order valence-corrected chi connectivity index (χ4v) is 1.28. The normalized spacial score (nSPS) is 12.9. The zero-order chi connectivity index (χ0) is 10.7. The van der Waals surface area contributed by atoms with E-state index >= 15 is 0 Å². The van der Waals surface area contributed by atoms with Gasteiger partial charge in [0.2, 0.25) is 0 Å². The SMILES string of the molecule is CC(O)Cc1cc(F)c(F)cc1CO. The smallest absolute Gasteiger partial charge is 0.159 e. The fraction of sp³-hybridized carbons (Fsp3) is 0.400. The average molecular weight is 202 g/mol. The van der Waals surface area contributed by atoms with Gasteiger partial charge in [-0.25, -0.2) is 8.78 Å². The number of aliphatic hydroxyl groups excluding tert-OH is 2. The molecule has 0 aliphatic heterocycles. The van der Waals surface area contributed by atoms with Crippen LogP contribution in [0.3, 0.4) is 0 Å². The maximum absolute atomic E-state index is 12.8. The second-order valence-corrected chi connectivity index (χ2v) is 3.25. The predicted molar refractivity (Wildman–Crippen MR) is 47.7 cm³/mol. The molecule has 0 aliphatic rings. The summed E-state index contributed by atoms with van der Waals surface area (Å²) in [6.45, 7) is 1.18. The third-order valence-corrected chi connectivity index (χ3v) is 1.93. The Bertz CT molecular complexity index is 324. The molecule has 0 spiro atoms. The third kappa shape index (κ3) is 2.49. The summed E-state index contributed by atoms with van der Waals surface area (Å²) < 4.78 is 25.5. The van der Waals surface area contributed by atoms with Crippen molar-refractivity contribution in [2.75, 3.05) is 0 Å². The van der Waals surface area contributed by atoms with Crippen molar-refractivity contribution in [3.05, 3.63) is 34.9 Å². The molecule has 4 heteroatoms. The molecule has 1 rings (SSSR count). The first kappa shape index (κ1) is 11.1. The summed E-state index contributed by atoms with van der Waals surface area (Å²) in [5.74, 6) is -1.94. The molecule has 2 nitrogen and oxygen atoms in total. The van der Waals surface area contributed by atoms with Crippen LogP contribution in [0, 0.1) is 11.6 Å². The van der Waals surface area contributed by atoms with Crippen molar-refractivity contribution < 1.29 is 19.0 Å². The molecule has 78 valence electrons. The number of halogens is 2. The minimum Gasteiger partial charge on any atom is -0.393 e. The van der Waals surface area contributed by atoms with Crippen molar-refractivity contribution in [2.24, 2.45) is 0 Å². The van der Waals surface area contributed by atoms with E-state index in [0.717, 1.165) is 12.1 Å². The lowest BCUT2D eigenvalue weighted by molar-refractivity contribution is 0.194. The molecule has 0 fully saturated rings. The Labute approximate surface area is 80.8 Å². The lowest BCUT2D eigenvalue weighted by Crippen LogP contribution is -2.08. The zero-order valence-electron chi connectivity index (χ0n) is 7.80. The summed E-state index contributed by atoms with van der Waals surface area (Å²) in [4.78, 5) is 0. The van der Waals surface area contributed by atoms with Gasteiger partial charge in [0, 0.05) is 0 Å². The summed E-state index contributed by atoms with van der Waals surface area (Å²) in [5.41, 5.74) is 0.742. The van der Waals surface area contributed by atoms with E-state index in [0.29, 0.717) is 11.1 Å². The van der Waals surface area contributed by atoms with Crippen LogP contribution in [-0.2, 0) is 13.0 Å². The minimum atomic E-state index is -0.983. The molecule has 0 aromatic heterocycles. The summed E-state index contributed by atoms with van der Waals surface area (Å²) in [5, 5.41) is 18.0. The molecule has 2 N–H and O–H groups in total. The van der Waals surface area contributed by atoms with Crippen molar-refractivity contribution in [2.45, 2.75) is 26.1 Å². The van der Waals surface area contributed by atoms with Crippen LogP contribution in [0.5, 0.6) is 0 Å². The van der Waals surface area contributed by atoms with Gasteiger partial charge >= 0.3 is 0 Å². The van der Waals surface area contributed by atoms with Gasteiger partial charge in [0.25, 0.3) is 0 Å². The highest BCUT2D eigenvalue weighted by atomic mass is 19.2. The lowest BCUT2D eigenvalue weighted by atomic mass is 10.0. The first-order valence-corrected chi connectivity index (χ1v) is 4.30.